The molecule has 0 spiro atoms. The Hall–Kier alpha value is -3.91. The van der Waals surface area contributed by atoms with Gasteiger partial charge in [0.25, 0.3) is 0 Å². The molecule has 8 nitrogen and oxygen atoms in total. The number of hydrogen-bond acceptors (Lipinski definition) is 7. The third-order valence-electron chi connectivity index (χ3n) is 5.15. The normalized spacial score (nSPS) is 13.9. The van der Waals surface area contributed by atoms with Crippen LogP contribution in [0.5, 0.6) is 0 Å². The highest BCUT2D eigenvalue weighted by atomic mass is 16.5. The van der Waals surface area contributed by atoms with Gasteiger partial charge in [0.1, 0.15) is 0 Å². The van der Waals surface area contributed by atoms with E-state index < -0.39 is 5.91 Å². The fraction of sp³-hybridized carbons (Fsp3) is 0.174. The second-order valence-corrected chi connectivity index (χ2v) is 7.16. The van der Waals surface area contributed by atoms with E-state index in [0.29, 0.717) is 5.69 Å². The number of carbonyl (C=O) groups is 1. The van der Waals surface area contributed by atoms with E-state index in [2.05, 4.69) is 25.7 Å². The standard InChI is InChI=1S/C23H21N5O3/c29-21(24-17-8-10-18(11-9-17)28-12-14-30-15-13-28)22-26-27-23(31-22)25-20-7-3-5-16-4-1-2-6-19(16)20/h1-11H,12-15H2,(H,24,29)(H,25,27). The van der Waals surface area contributed by atoms with E-state index in [1.54, 1.807) is 0 Å². The zero-order valence-corrected chi connectivity index (χ0v) is 16.7. The molecule has 1 fully saturated rings. The number of hydrogen-bond donors (Lipinski definition) is 2. The van der Waals surface area contributed by atoms with Crippen LogP contribution >= 0.6 is 0 Å². The van der Waals surface area contributed by atoms with Gasteiger partial charge in [-0.3, -0.25) is 4.79 Å². The van der Waals surface area contributed by atoms with E-state index in [1.165, 1.54) is 0 Å². The minimum Gasteiger partial charge on any atom is -0.399 e. The number of aromatic nitrogens is 2. The van der Waals surface area contributed by atoms with Gasteiger partial charge in [-0.05, 0) is 35.7 Å². The number of ether oxygens (including phenoxy) is 1. The SMILES string of the molecule is O=C(Nc1ccc(N2CCOCC2)cc1)c1nnc(Nc2cccc3ccccc23)o1. The molecule has 0 saturated carbocycles. The van der Waals surface area contributed by atoms with Crippen LogP contribution in [0.4, 0.5) is 23.1 Å². The van der Waals surface area contributed by atoms with Crippen molar-refractivity contribution in [1.82, 2.24) is 10.2 Å². The summed E-state index contributed by atoms with van der Waals surface area (Å²) in [4.78, 5) is 14.8. The minimum absolute atomic E-state index is 0.111. The Morgan fingerprint density at radius 2 is 1.68 bits per heavy atom. The van der Waals surface area contributed by atoms with E-state index in [0.717, 1.165) is 48.5 Å². The van der Waals surface area contributed by atoms with Gasteiger partial charge in [0.05, 0.1) is 18.9 Å². The van der Waals surface area contributed by atoms with Gasteiger partial charge in [-0.1, -0.05) is 41.5 Å². The average Bonchev–Trinajstić information content (AvgIpc) is 3.29. The first-order valence-corrected chi connectivity index (χ1v) is 10.1. The summed E-state index contributed by atoms with van der Waals surface area (Å²) in [6.45, 7) is 3.18. The third-order valence-corrected chi connectivity index (χ3v) is 5.15. The molecule has 0 aliphatic carbocycles. The summed E-state index contributed by atoms with van der Waals surface area (Å²) in [5.74, 6) is -0.572. The molecule has 1 saturated heterocycles. The maximum absolute atomic E-state index is 12.5. The summed E-state index contributed by atoms with van der Waals surface area (Å²) in [5.41, 5.74) is 2.58. The second-order valence-electron chi connectivity index (χ2n) is 7.16. The van der Waals surface area contributed by atoms with Gasteiger partial charge < -0.3 is 24.7 Å². The van der Waals surface area contributed by atoms with Crippen molar-refractivity contribution in [3.05, 3.63) is 72.6 Å². The quantitative estimate of drug-likeness (QED) is 0.508. The highest BCUT2D eigenvalue weighted by Crippen LogP contribution is 2.26. The monoisotopic (exact) mass is 415 g/mol. The fourth-order valence-electron chi connectivity index (χ4n) is 3.58. The zero-order valence-electron chi connectivity index (χ0n) is 16.7. The van der Waals surface area contributed by atoms with Crippen molar-refractivity contribution in [1.29, 1.82) is 0 Å². The molecule has 1 amide bonds. The highest BCUT2D eigenvalue weighted by molar-refractivity contribution is 6.01. The molecule has 0 unspecified atom stereocenters. The molecule has 0 radical (unpaired) electrons. The zero-order chi connectivity index (χ0) is 21.0. The Morgan fingerprint density at radius 1 is 0.903 bits per heavy atom. The van der Waals surface area contributed by atoms with Crippen molar-refractivity contribution in [3.63, 3.8) is 0 Å². The largest absolute Gasteiger partial charge is 0.399 e. The van der Waals surface area contributed by atoms with Gasteiger partial charge >= 0.3 is 17.8 Å². The number of morpholine rings is 1. The van der Waals surface area contributed by atoms with E-state index in [-0.39, 0.29) is 11.9 Å². The lowest BCUT2D eigenvalue weighted by Gasteiger charge is -2.28. The number of nitrogens with zero attached hydrogens (tertiary/aromatic N) is 3. The molecule has 4 aromatic rings. The van der Waals surface area contributed by atoms with Gasteiger partial charge in [0, 0.05) is 29.9 Å². The van der Waals surface area contributed by atoms with Crippen molar-refractivity contribution in [2.24, 2.45) is 0 Å². The number of nitrogens with one attached hydrogen (secondary N) is 2. The molecule has 1 aliphatic rings. The predicted molar refractivity (Wildman–Crippen MR) is 119 cm³/mol. The van der Waals surface area contributed by atoms with E-state index in [4.69, 9.17) is 9.15 Å². The van der Waals surface area contributed by atoms with Crippen molar-refractivity contribution >= 4 is 39.8 Å². The molecule has 8 heteroatoms. The molecule has 2 N–H and O–H groups in total. The topological polar surface area (TPSA) is 92.5 Å². The Labute approximate surface area is 178 Å². The molecular formula is C23H21N5O3. The lowest BCUT2D eigenvalue weighted by atomic mass is 10.1. The fourth-order valence-corrected chi connectivity index (χ4v) is 3.58. The molecule has 0 atom stereocenters. The van der Waals surface area contributed by atoms with Crippen molar-refractivity contribution < 1.29 is 13.9 Å². The number of rotatable bonds is 5. The molecule has 1 aliphatic heterocycles. The molecular weight excluding hydrogens is 394 g/mol. The van der Waals surface area contributed by atoms with Gasteiger partial charge in [-0.25, -0.2) is 0 Å². The van der Waals surface area contributed by atoms with E-state index in [1.807, 2.05) is 66.7 Å². The number of anilines is 4. The molecule has 31 heavy (non-hydrogen) atoms. The molecule has 1 aromatic heterocycles. The Morgan fingerprint density at radius 3 is 2.52 bits per heavy atom. The molecule has 3 aromatic carbocycles. The van der Waals surface area contributed by atoms with E-state index >= 15 is 0 Å². The molecule has 0 bridgehead atoms. The number of benzene rings is 3. The highest BCUT2D eigenvalue weighted by Gasteiger charge is 2.16. The van der Waals surface area contributed by atoms with Gasteiger partial charge in [-0.2, -0.15) is 0 Å². The first-order chi connectivity index (χ1) is 15.3. The smallest absolute Gasteiger partial charge is 0.320 e. The molecule has 2 heterocycles. The maximum atomic E-state index is 12.5. The predicted octanol–water partition coefficient (Wildman–Crippen LogP) is 4.06. The van der Waals surface area contributed by atoms with Crippen LogP contribution in [-0.4, -0.2) is 42.4 Å². The lowest BCUT2D eigenvalue weighted by Crippen LogP contribution is -2.36. The Bertz CT molecular complexity index is 1190. The maximum Gasteiger partial charge on any atom is 0.320 e. The van der Waals surface area contributed by atoms with Gasteiger partial charge in [0.2, 0.25) is 0 Å². The summed E-state index contributed by atoms with van der Waals surface area (Å²) in [6, 6.07) is 21.7. The van der Waals surface area contributed by atoms with Crippen LogP contribution in [0.25, 0.3) is 10.8 Å². The number of fused-ring (bicyclic) bond motifs is 1. The molecule has 5 rings (SSSR count). The Kier molecular flexibility index (Phi) is 5.20. The second kappa shape index (κ2) is 8.45. The van der Waals surface area contributed by atoms with Crippen LogP contribution < -0.4 is 15.5 Å². The summed E-state index contributed by atoms with van der Waals surface area (Å²) < 4.78 is 10.9. The molecule has 156 valence electrons. The minimum atomic E-state index is -0.461. The summed E-state index contributed by atoms with van der Waals surface area (Å²) in [6.07, 6.45) is 0. The summed E-state index contributed by atoms with van der Waals surface area (Å²) in [7, 11) is 0. The van der Waals surface area contributed by atoms with Crippen LogP contribution in [0.15, 0.2) is 71.1 Å². The number of carbonyl (C=O) groups excluding carboxylic acids is 1. The summed E-state index contributed by atoms with van der Waals surface area (Å²) >= 11 is 0. The van der Waals surface area contributed by atoms with Gasteiger partial charge in [0.15, 0.2) is 0 Å². The van der Waals surface area contributed by atoms with Crippen LogP contribution in [-0.2, 0) is 4.74 Å². The van der Waals surface area contributed by atoms with E-state index in [9.17, 15) is 4.79 Å². The van der Waals surface area contributed by atoms with Crippen molar-refractivity contribution in [2.75, 3.05) is 41.8 Å². The Balaban J connectivity index is 1.26. The van der Waals surface area contributed by atoms with Crippen LogP contribution in [0.2, 0.25) is 0 Å². The first-order valence-electron chi connectivity index (χ1n) is 10.1. The van der Waals surface area contributed by atoms with Crippen molar-refractivity contribution in [2.45, 2.75) is 0 Å². The van der Waals surface area contributed by atoms with Crippen LogP contribution in [0, 0.1) is 0 Å². The van der Waals surface area contributed by atoms with Crippen LogP contribution in [0.3, 0.4) is 0 Å². The first kappa shape index (κ1) is 19.1. The summed E-state index contributed by atoms with van der Waals surface area (Å²) in [5, 5.41) is 15.8. The average molecular weight is 415 g/mol. The van der Waals surface area contributed by atoms with Gasteiger partial charge in [-0.15, -0.1) is 5.10 Å². The number of amides is 1. The third kappa shape index (κ3) is 4.19. The lowest BCUT2D eigenvalue weighted by molar-refractivity contribution is 0.0991. The van der Waals surface area contributed by atoms with Crippen LogP contribution in [0.1, 0.15) is 10.7 Å². The van der Waals surface area contributed by atoms with Crippen molar-refractivity contribution in [3.8, 4) is 0 Å².